The molecule has 1 aliphatic heterocycles. The van der Waals surface area contributed by atoms with Crippen LogP contribution in [0.3, 0.4) is 0 Å². The molecule has 0 unspecified atom stereocenters. The molecule has 0 spiro atoms. The molecule has 1 N–H and O–H groups in total. The van der Waals surface area contributed by atoms with Crippen LogP contribution < -0.4 is 15.0 Å². The number of carbonyl (C=O) groups excluding carboxylic acids is 1. The zero-order valence-electron chi connectivity index (χ0n) is 16.2. The molecule has 0 aliphatic carbocycles. The van der Waals surface area contributed by atoms with E-state index in [0.717, 1.165) is 38.4 Å². The molecule has 2 aromatic rings. The first-order valence-electron chi connectivity index (χ1n) is 9.47. The van der Waals surface area contributed by atoms with Crippen LogP contribution in [0.25, 0.3) is 0 Å². The lowest BCUT2D eigenvalue weighted by Crippen LogP contribution is -2.47. The lowest BCUT2D eigenvalue weighted by Gasteiger charge is -2.34. The molecule has 1 amide bonds. The Morgan fingerprint density at radius 3 is 2.59 bits per heavy atom. The van der Waals surface area contributed by atoms with E-state index in [-0.39, 0.29) is 5.91 Å². The van der Waals surface area contributed by atoms with Gasteiger partial charge in [0.05, 0.1) is 12.3 Å². The molecule has 0 bridgehead atoms. The number of likely N-dealkylation sites (N-methyl/N-ethyl adjacent to an activating group) is 1. The Balaban J connectivity index is 1.77. The van der Waals surface area contributed by atoms with E-state index in [0.29, 0.717) is 29.7 Å². The Hall–Kier alpha value is -2.67. The van der Waals surface area contributed by atoms with Gasteiger partial charge in [-0.15, -0.1) is 0 Å². The number of carbonyl (C=O) groups is 1. The summed E-state index contributed by atoms with van der Waals surface area (Å²) in [5, 5.41) is 2.90. The van der Waals surface area contributed by atoms with Gasteiger partial charge in [0.2, 0.25) is 5.95 Å². The summed E-state index contributed by atoms with van der Waals surface area (Å²) in [5.41, 5.74) is 1.78. The molecule has 1 aromatic heterocycles. The molecule has 3 rings (SSSR count). The van der Waals surface area contributed by atoms with Crippen LogP contribution in [0.1, 0.15) is 30.0 Å². The quantitative estimate of drug-likeness (QED) is 0.844. The number of aryl methyl sites for hydroxylation is 1. The van der Waals surface area contributed by atoms with E-state index in [1.165, 1.54) is 0 Å². The van der Waals surface area contributed by atoms with Gasteiger partial charge in [-0.25, -0.2) is 9.97 Å². The van der Waals surface area contributed by atoms with Crippen LogP contribution in [0.5, 0.6) is 5.75 Å². The highest BCUT2D eigenvalue weighted by Crippen LogP contribution is 2.24. The number of hydrogen-bond donors (Lipinski definition) is 1. The van der Waals surface area contributed by atoms with Crippen LogP contribution in [0.4, 0.5) is 11.6 Å². The van der Waals surface area contributed by atoms with Crippen LogP contribution in [-0.2, 0) is 0 Å². The molecule has 1 aliphatic rings. The van der Waals surface area contributed by atoms with Gasteiger partial charge in [-0.3, -0.25) is 4.79 Å². The SMILES string of the molecule is CCOc1ccccc1NC(=O)c1cc(C)nc(N2CCN(CC)CC2)n1. The Bertz CT molecular complexity index is 788. The first-order valence-corrected chi connectivity index (χ1v) is 9.47. The van der Waals surface area contributed by atoms with E-state index in [1.807, 2.05) is 38.1 Å². The summed E-state index contributed by atoms with van der Waals surface area (Å²) in [7, 11) is 0. The van der Waals surface area contributed by atoms with Crippen LogP contribution in [0.2, 0.25) is 0 Å². The fraction of sp³-hybridized carbons (Fsp3) is 0.450. The van der Waals surface area contributed by atoms with Gasteiger partial charge in [-0.2, -0.15) is 0 Å². The van der Waals surface area contributed by atoms with Gasteiger partial charge >= 0.3 is 0 Å². The van der Waals surface area contributed by atoms with Crippen LogP contribution in [0, 0.1) is 6.92 Å². The molecule has 1 saturated heterocycles. The van der Waals surface area contributed by atoms with E-state index in [1.54, 1.807) is 6.07 Å². The number of amides is 1. The first kappa shape index (κ1) is 19.1. The van der Waals surface area contributed by atoms with E-state index in [9.17, 15) is 4.79 Å². The van der Waals surface area contributed by atoms with Crippen molar-refractivity contribution in [1.29, 1.82) is 0 Å². The Morgan fingerprint density at radius 1 is 1.15 bits per heavy atom. The Kier molecular flexibility index (Phi) is 6.24. The maximum absolute atomic E-state index is 12.8. The average molecular weight is 369 g/mol. The summed E-state index contributed by atoms with van der Waals surface area (Å²) >= 11 is 0. The number of rotatable bonds is 6. The monoisotopic (exact) mass is 369 g/mol. The average Bonchev–Trinajstić information content (AvgIpc) is 2.69. The summed E-state index contributed by atoms with van der Waals surface area (Å²) in [6, 6.07) is 9.11. The van der Waals surface area contributed by atoms with Crippen LogP contribution in [0.15, 0.2) is 30.3 Å². The largest absolute Gasteiger partial charge is 0.492 e. The van der Waals surface area contributed by atoms with E-state index in [4.69, 9.17) is 4.74 Å². The van der Waals surface area contributed by atoms with Gasteiger partial charge in [0.15, 0.2) is 0 Å². The number of hydrogen-bond acceptors (Lipinski definition) is 6. The molecule has 2 heterocycles. The maximum atomic E-state index is 12.8. The number of piperazine rings is 1. The second-order valence-electron chi connectivity index (χ2n) is 6.50. The zero-order valence-corrected chi connectivity index (χ0v) is 16.2. The number of aromatic nitrogens is 2. The molecule has 1 fully saturated rings. The molecule has 7 heteroatoms. The molecule has 27 heavy (non-hydrogen) atoms. The first-order chi connectivity index (χ1) is 13.1. The lowest BCUT2D eigenvalue weighted by atomic mass is 10.2. The van der Waals surface area contributed by atoms with Gasteiger partial charge in [0, 0.05) is 31.9 Å². The predicted octanol–water partition coefficient (Wildman–Crippen LogP) is 2.58. The summed E-state index contributed by atoms with van der Waals surface area (Å²) in [6.45, 7) is 11.3. The zero-order chi connectivity index (χ0) is 19.2. The van der Waals surface area contributed by atoms with Crippen molar-refractivity contribution in [3.05, 3.63) is 41.7 Å². The second-order valence-corrected chi connectivity index (χ2v) is 6.50. The maximum Gasteiger partial charge on any atom is 0.274 e. The summed E-state index contributed by atoms with van der Waals surface area (Å²) in [5.74, 6) is 1.00. The predicted molar refractivity (Wildman–Crippen MR) is 107 cm³/mol. The van der Waals surface area contributed by atoms with Gasteiger partial charge in [-0.05, 0) is 38.6 Å². The number of anilines is 2. The normalized spacial score (nSPS) is 14.9. The minimum absolute atomic E-state index is 0.263. The van der Waals surface area contributed by atoms with Crippen molar-refractivity contribution in [1.82, 2.24) is 14.9 Å². The van der Waals surface area contributed by atoms with Crippen molar-refractivity contribution in [2.45, 2.75) is 20.8 Å². The third-order valence-corrected chi connectivity index (χ3v) is 4.61. The minimum atomic E-state index is -0.263. The molecular formula is C20H27N5O2. The van der Waals surface area contributed by atoms with Crippen molar-refractivity contribution in [2.24, 2.45) is 0 Å². The fourth-order valence-electron chi connectivity index (χ4n) is 3.11. The highest BCUT2D eigenvalue weighted by molar-refractivity contribution is 6.03. The minimum Gasteiger partial charge on any atom is -0.492 e. The van der Waals surface area contributed by atoms with Crippen LogP contribution >= 0.6 is 0 Å². The highest BCUT2D eigenvalue weighted by Gasteiger charge is 2.20. The summed E-state index contributed by atoms with van der Waals surface area (Å²) in [6.07, 6.45) is 0. The van der Waals surface area contributed by atoms with Gasteiger partial charge < -0.3 is 19.9 Å². The standard InChI is InChI=1S/C20H27N5O2/c1-4-24-10-12-25(13-11-24)20-21-15(3)14-17(23-20)19(26)22-16-8-6-7-9-18(16)27-5-2/h6-9,14H,4-5,10-13H2,1-3H3,(H,22,26). The number of para-hydroxylation sites is 2. The molecule has 1 aromatic carbocycles. The Labute approximate surface area is 160 Å². The molecule has 0 saturated carbocycles. The summed E-state index contributed by atoms with van der Waals surface area (Å²) in [4.78, 5) is 26.4. The molecule has 144 valence electrons. The number of benzene rings is 1. The third kappa shape index (κ3) is 4.74. The van der Waals surface area contributed by atoms with E-state index < -0.39 is 0 Å². The lowest BCUT2D eigenvalue weighted by molar-refractivity contribution is 0.102. The Morgan fingerprint density at radius 2 is 1.89 bits per heavy atom. The number of ether oxygens (including phenoxy) is 1. The van der Waals surface area contributed by atoms with E-state index >= 15 is 0 Å². The smallest absolute Gasteiger partial charge is 0.274 e. The van der Waals surface area contributed by atoms with Crippen molar-refractivity contribution >= 4 is 17.5 Å². The third-order valence-electron chi connectivity index (χ3n) is 4.61. The molecule has 0 radical (unpaired) electrons. The number of nitrogens with one attached hydrogen (secondary N) is 1. The van der Waals surface area contributed by atoms with Gasteiger partial charge in [-0.1, -0.05) is 19.1 Å². The summed E-state index contributed by atoms with van der Waals surface area (Å²) < 4.78 is 5.58. The van der Waals surface area contributed by atoms with Crippen molar-refractivity contribution in [2.75, 3.05) is 49.5 Å². The van der Waals surface area contributed by atoms with E-state index in [2.05, 4.69) is 32.0 Å². The van der Waals surface area contributed by atoms with Gasteiger partial charge in [0.1, 0.15) is 11.4 Å². The van der Waals surface area contributed by atoms with Gasteiger partial charge in [0.25, 0.3) is 5.91 Å². The molecule has 0 atom stereocenters. The highest BCUT2D eigenvalue weighted by atomic mass is 16.5. The molecule has 7 nitrogen and oxygen atoms in total. The second kappa shape index (κ2) is 8.81. The number of nitrogens with zero attached hydrogens (tertiary/aromatic N) is 4. The fourth-order valence-corrected chi connectivity index (χ4v) is 3.11. The topological polar surface area (TPSA) is 70.6 Å². The van der Waals surface area contributed by atoms with Crippen LogP contribution in [-0.4, -0.2) is 60.1 Å². The van der Waals surface area contributed by atoms with Crippen molar-refractivity contribution < 1.29 is 9.53 Å². The van der Waals surface area contributed by atoms with Crippen molar-refractivity contribution in [3.63, 3.8) is 0 Å². The van der Waals surface area contributed by atoms with Crippen molar-refractivity contribution in [3.8, 4) is 5.75 Å². The molecular weight excluding hydrogens is 342 g/mol.